The van der Waals surface area contributed by atoms with Crippen LogP contribution in [0.15, 0.2) is 24.3 Å². The lowest BCUT2D eigenvalue weighted by Gasteiger charge is -2.22. The molecule has 1 aromatic rings. The zero-order chi connectivity index (χ0) is 13.7. The molecule has 2 heteroatoms. The van der Waals surface area contributed by atoms with Crippen LogP contribution >= 0.6 is 0 Å². The maximum Gasteiger partial charge on any atom is 0.164 e. The summed E-state index contributed by atoms with van der Waals surface area (Å²) in [7, 11) is 4.00. The topological polar surface area (TPSA) is 20.3 Å². The molecule has 1 aliphatic rings. The average molecular weight is 259 g/mol. The molecule has 0 atom stereocenters. The minimum atomic E-state index is 0.254. The van der Waals surface area contributed by atoms with E-state index in [0.29, 0.717) is 6.42 Å². The maximum absolute atomic E-state index is 12.0. The van der Waals surface area contributed by atoms with Crippen LogP contribution in [-0.2, 0) is 0 Å². The minimum absolute atomic E-state index is 0.254. The van der Waals surface area contributed by atoms with Crippen molar-refractivity contribution in [2.24, 2.45) is 0 Å². The lowest BCUT2D eigenvalue weighted by molar-refractivity contribution is 0.0972. The predicted molar refractivity (Wildman–Crippen MR) is 79.8 cm³/mol. The summed E-state index contributed by atoms with van der Waals surface area (Å²) in [5, 5.41) is 0. The predicted octanol–water partition coefficient (Wildman–Crippen LogP) is 3.87. The molecule has 0 aromatic heterocycles. The number of ketones is 1. The molecule has 0 amide bonds. The summed E-state index contributed by atoms with van der Waals surface area (Å²) in [4.78, 5) is 14.1. The molecule has 0 radical (unpaired) electrons. The van der Waals surface area contributed by atoms with Gasteiger partial charge in [-0.3, -0.25) is 4.79 Å². The van der Waals surface area contributed by atoms with E-state index in [1.54, 1.807) is 0 Å². The van der Waals surface area contributed by atoms with Gasteiger partial charge in [0.2, 0.25) is 0 Å². The molecule has 0 saturated heterocycles. The highest BCUT2D eigenvalue weighted by Gasteiger charge is 2.15. The molecule has 0 N–H and O–H groups in total. The van der Waals surface area contributed by atoms with Gasteiger partial charge in [-0.2, -0.15) is 0 Å². The van der Waals surface area contributed by atoms with E-state index in [4.69, 9.17) is 0 Å². The fourth-order valence-corrected chi connectivity index (χ4v) is 2.85. The summed E-state index contributed by atoms with van der Waals surface area (Å²) >= 11 is 0. The Kier molecular flexibility index (Phi) is 5.15. The van der Waals surface area contributed by atoms with E-state index in [2.05, 4.69) is 12.1 Å². The van der Waals surface area contributed by atoms with Crippen molar-refractivity contribution in [2.45, 2.75) is 44.4 Å². The highest BCUT2D eigenvalue weighted by molar-refractivity contribution is 5.96. The summed E-state index contributed by atoms with van der Waals surface area (Å²) in [6.07, 6.45) is 7.33. The normalized spacial score (nSPS) is 16.8. The molecule has 0 spiro atoms. The molecule has 1 aromatic carbocycles. The van der Waals surface area contributed by atoms with Crippen molar-refractivity contribution >= 4 is 5.78 Å². The number of rotatable bonds is 5. The number of nitrogens with zero attached hydrogens (tertiary/aromatic N) is 1. The Morgan fingerprint density at radius 1 is 1.11 bits per heavy atom. The van der Waals surface area contributed by atoms with Gasteiger partial charge in [0, 0.05) is 18.5 Å². The molecular formula is C17H25NO. The lowest BCUT2D eigenvalue weighted by atomic mass is 9.84. The highest BCUT2D eigenvalue weighted by Crippen LogP contribution is 2.32. The Balaban J connectivity index is 1.95. The van der Waals surface area contributed by atoms with Gasteiger partial charge >= 0.3 is 0 Å². The highest BCUT2D eigenvalue weighted by atomic mass is 16.1. The van der Waals surface area contributed by atoms with Gasteiger partial charge in [0.15, 0.2) is 5.78 Å². The zero-order valence-corrected chi connectivity index (χ0v) is 12.2. The van der Waals surface area contributed by atoms with Gasteiger partial charge in [-0.1, -0.05) is 43.5 Å². The maximum atomic E-state index is 12.0. The third-order valence-electron chi connectivity index (χ3n) is 4.10. The van der Waals surface area contributed by atoms with Gasteiger partial charge in [0.25, 0.3) is 0 Å². The van der Waals surface area contributed by atoms with E-state index >= 15 is 0 Å². The van der Waals surface area contributed by atoms with Crippen molar-refractivity contribution in [1.29, 1.82) is 0 Å². The Bertz CT molecular complexity index is 402. The smallest absolute Gasteiger partial charge is 0.164 e. The van der Waals surface area contributed by atoms with Gasteiger partial charge in [0.1, 0.15) is 0 Å². The van der Waals surface area contributed by atoms with Gasteiger partial charge in [-0.25, -0.2) is 0 Å². The molecule has 19 heavy (non-hydrogen) atoms. The summed E-state index contributed by atoms with van der Waals surface area (Å²) in [5.74, 6) is 0.976. The van der Waals surface area contributed by atoms with Crippen molar-refractivity contribution in [3.05, 3.63) is 35.4 Å². The number of hydrogen-bond acceptors (Lipinski definition) is 2. The Morgan fingerprint density at radius 3 is 2.32 bits per heavy atom. The molecule has 0 unspecified atom stereocenters. The second kappa shape index (κ2) is 6.85. The van der Waals surface area contributed by atoms with Gasteiger partial charge in [0.05, 0.1) is 0 Å². The molecular weight excluding hydrogens is 234 g/mol. The number of Topliss-reactive ketones (excluding diaryl/α,β-unsaturated/α-hetero) is 1. The fourth-order valence-electron chi connectivity index (χ4n) is 2.85. The van der Waals surface area contributed by atoms with E-state index in [9.17, 15) is 4.79 Å². The summed E-state index contributed by atoms with van der Waals surface area (Å²) in [6.45, 7) is 0.823. The SMILES string of the molecule is CN(C)CCC(=O)c1ccc(C2CCCCC2)cc1. The van der Waals surface area contributed by atoms with Crippen LogP contribution in [0.1, 0.15) is 60.4 Å². The molecule has 0 heterocycles. The second-order valence-corrected chi connectivity index (χ2v) is 5.93. The van der Waals surface area contributed by atoms with Crippen LogP contribution in [0.3, 0.4) is 0 Å². The first-order valence-electron chi connectivity index (χ1n) is 7.44. The van der Waals surface area contributed by atoms with E-state index in [-0.39, 0.29) is 5.78 Å². The molecule has 2 nitrogen and oxygen atoms in total. The van der Waals surface area contributed by atoms with Crippen molar-refractivity contribution < 1.29 is 4.79 Å². The average Bonchev–Trinajstić information content (AvgIpc) is 2.46. The van der Waals surface area contributed by atoms with Crippen LogP contribution in [0.5, 0.6) is 0 Å². The van der Waals surface area contributed by atoms with Gasteiger partial charge in [-0.15, -0.1) is 0 Å². The molecule has 1 aliphatic carbocycles. The quantitative estimate of drug-likeness (QED) is 0.748. The number of hydrogen-bond donors (Lipinski definition) is 0. The van der Waals surface area contributed by atoms with Crippen LogP contribution < -0.4 is 0 Å². The number of carbonyl (C=O) groups is 1. The molecule has 104 valence electrons. The first kappa shape index (κ1) is 14.3. The van der Waals surface area contributed by atoms with Crippen molar-refractivity contribution in [1.82, 2.24) is 4.90 Å². The second-order valence-electron chi connectivity index (χ2n) is 5.93. The third kappa shape index (κ3) is 4.17. The molecule has 2 rings (SSSR count). The van der Waals surface area contributed by atoms with E-state index in [1.807, 2.05) is 31.1 Å². The zero-order valence-electron chi connectivity index (χ0n) is 12.2. The Morgan fingerprint density at radius 2 is 1.74 bits per heavy atom. The van der Waals surface area contributed by atoms with E-state index in [0.717, 1.165) is 18.0 Å². The van der Waals surface area contributed by atoms with Crippen molar-refractivity contribution in [2.75, 3.05) is 20.6 Å². The molecule has 0 aliphatic heterocycles. The monoisotopic (exact) mass is 259 g/mol. The Labute approximate surface area is 116 Å². The Hall–Kier alpha value is -1.15. The standard InChI is InChI=1S/C17H25NO/c1-18(2)13-12-17(19)16-10-8-15(9-11-16)14-6-4-3-5-7-14/h8-11,14H,3-7,12-13H2,1-2H3. The minimum Gasteiger partial charge on any atom is -0.309 e. The van der Waals surface area contributed by atoms with Crippen molar-refractivity contribution in [3.63, 3.8) is 0 Å². The number of carbonyl (C=O) groups excluding carboxylic acids is 1. The van der Waals surface area contributed by atoms with Crippen LogP contribution in [0.2, 0.25) is 0 Å². The largest absolute Gasteiger partial charge is 0.309 e. The third-order valence-corrected chi connectivity index (χ3v) is 4.10. The van der Waals surface area contributed by atoms with Gasteiger partial charge in [-0.05, 0) is 38.4 Å². The molecule has 1 fully saturated rings. The van der Waals surface area contributed by atoms with Crippen molar-refractivity contribution in [3.8, 4) is 0 Å². The van der Waals surface area contributed by atoms with Crippen LogP contribution in [0, 0.1) is 0 Å². The first-order valence-corrected chi connectivity index (χ1v) is 7.44. The summed E-state index contributed by atoms with van der Waals surface area (Å²) in [6, 6.07) is 8.36. The first-order chi connectivity index (χ1) is 9.16. The van der Waals surface area contributed by atoms with E-state index in [1.165, 1.54) is 37.7 Å². The molecule has 1 saturated carbocycles. The lowest BCUT2D eigenvalue weighted by Crippen LogP contribution is -2.16. The van der Waals surface area contributed by atoms with Crippen LogP contribution in [-0.4, -0.2) is 31.3 Å². The van der Waals surface area contributed by atoms with Gasteiger partial charge < -0.3 is 4.90 Å². The number of benzene rings is 1. The summed E-state index contributed by atoms with van der Waals surface area (Å²) in [5.41, 5.74) is 2.28. The molecule has 0 bridgehead atoms. The van der Waals surface area contributed by atoms with Crippen LogP contribution in [0.4, 0.5) is 0 Å². The van der Waals surface area contributed by atoms with Crippen LogP contribution in [0.25, 0.3) is 0 Å². The van der Waals surface area contributed by atoms with E-state index < -0.39 is 0 Å². The summed E-state index contributed by atoms with van der Waals surface area (Å²) < 4.78 is 0. The fraction of sp³-hybridized carbons (Fsp3) is 0.588.